The van der Waals surface area contributed by atoms with Crippen molar-refractivity contribution in [2.24, 2.45) is 4.99 Å². The maximum atomic E-state index is 4.72. The zero-order valence-electron chi connectivity index (χ0n) is 15.4. The number of rotatable bonds is 8. The normalized spacial score (nSPS) is 13.1. The molecule has 0 aliphatic carbocycles. The van der Waals surface area contributed by atoms with Crippen molar-refractivity contribution in [3.05, 3.63) is 52.6 Å². The number of hydrogen-bond acceptors (Lipinski definition) is 4. The summed E-state index contributed by atoms with van der Waals surface area (Å²) in [7, 11) is 0. The predicted molar refractivity (Wildman–Crippen MR) is 108 cm³/mol. The summed E-state index contributed by atoms with van der Waals surface area (Å²) in [6.07, 6.45) is 3.86. The van der Waals surface area contributed by atoms with E-state index in [1.165, 1.54) is 5.56 Å². The van der Waals surface area contributed by atoms with Crippen LogP contribution in [0.25, 0.3) is 5.65 Å². The highest BCUT2D eigenvalue weighted by atomic mass is 32.1. The van der Waals surface area contributed by atoms with Crippen LogP contribution in [0.2, 0.25) is 0 Å². The molecule has 0 aromatic carbocycles. The fraction of sp³-hybridized carbons (Fsp3) is 0.421. The zero-order chi connectivity index (χ0) is 18.2. The molecule has 6 nitrogen and oxygen atoms in total. The molecule has 26 heavy (non-hydrogen) atoms. The van der Waals surface area contributed by atoms with Crippen molar-refractivity contribution in [1.82, 2.24) is 25.2 Å². The SMILES string of the molecule is CCNC(=NCC(C)c1ccsc1)NCCCc1nnc2ccccn12. The van der Waals surface area contributed by atoms with E-state index < -0.39 is 0 Å². The molecule has 7 heteroatoms. The molecule has 0 amide bonds. The highest BCUT2D eigenvalue weighted by molar-refractivity contribution is 7.07. The summed E-state index contributed by atoms with van der Waals surface area (Å²) in [5.74, 6) is 2.30. The molecule has 0 saturated heterocycles. The van der Waals surface area contributed by atoms with Crippen LogP contribution < -0.4 is 10.6 Å². The molecular weight excluding hydrogens is 344 g/mol. The Labute approximate surface area is 158 Å². The third kappa shape index (κ3) is 4.82. The monoisotopic (exact) mass is 370 g/mol. The van der Waals surface area contributed by atoms with Crippen LogP contribution in [-0.4, -0.2) is 40.2 Å². The molecule has 0 fully saturated rings. The first-order valence-corrected chi connectivity index (χ1v) is 10.0. The van der Waals surface area contributed by atoms with E-state index >= 15 is 0 Å². The van der Waals surface area contributed by atoms with Gasteiger partial charge in [-0.1, -0.05) is 13.0 Å². The molecule has 0 saturated carbocycles. The van der Waals surface area contributed by atoms with Gasteiger partial charge in [0.25, 0.3) is 0 Å². The molecule has 0 aliphatic rings. The average Bonchev–Trinajstić information content (AvgIpc) is 3.33. The first-order chi connectivity index (χ1) is 12.8. The Balaban J connectivity index is 1.48. The summed E-state index contributed by atoms with van der Waals surface area (Å²) in [5, 5.41) is 19.5. The molecular formula is C19H26N6S. The maximum Gasteiger partial charge on any atom is 0.191 e. The maximum absolute atomic E-state index is 4.72. The number of fused-ring (bicyclic) bond motifs is 1. The molecule has 1 atom stereocenters. The summed E-state index contributed by atoms with van der Waals surface area (Å²) in [6, 6.07) is 8.13. The second-order valence-corrected chi connectivity index (χ2v) is 7.03. The van der Waals surface area contributed by atoms with Gasteiger partial charge in [0.05, 0.1) is 0 Å². The average molecular weight is 371 g/mol. The number of hydrogen-bond donors (Lipinski definition) is 2. The smallest absolute Gasteiger partial charge is 0.191 e. The molecule has 0 aliphatic heterocycles. The molecule has 3 rings (SSSR count). The molecule has 1 unspecified atom stereocenters. The highest BCUT2D eigenvalue weighted by Crippen LogP contribution is 2.18. The molecule has 3 aromatic rings. The van der Waals surface area contributed by atoms with Crippen molar-refractivity contribution in [3.63, 3.8) is 0 Å². The Kier molecular flexibility index (Phi) is 6.60. The van der Waals surface area contributed by atoms with Crippen molar-refractivity contribution in [2.75, 3.05) is 19.6 Å². The van der Waals surface area contributed by atoms with Crippen LogP contribution in [0.5, 0.6) is 0 Å². The van der Waals surface area contributed by atoms with Crippen LogP contribution in [0.1, 0.15) is 37.6 Å². The second-order valence-electron chi connectivity index (χ2n) is 6.25. The van der Waals surface area contributed by atoms with E-state index in [2.05, 4.69) is 51.5 Å². The van der Waals surface area contributed by atoms with Crippen LogP contribution in [0, 0.1) is 0 Å². The third-order valence-corrected chi connectivity index (χ3v) is 4.94. The van der Waals surface area contributed by atoms with Crippen LogP contribution in [0.15, 0.2) is 46.2 Å². The summed E-state index contributed by atoms with van der Waals surface area (Å²) in [4.78, 5) is 4.72. The first-order valence-electron chi connectivity index (χ1n) is 9.11. The van der Waals surface area contributed by atoms with Gasteiger partial charge in [-0.3, -0.25) is 9.39 Å². The number of nitrogens with one attached hydrogen (secondary N) is 2. The molecule has 0 spiro atoms. The number of guanidine groups is 1. The first kappa shape index (κ1) is 18.4. The van der Waals surface area contributed by atoms with Gasteiger partial charge in [-0.25, -0.2) is 0 Å². The Morgan fingerprint density at radius 3 is 3.00 bits per heavy atom. The van der Waals surface area contributed by atoms with Gasteiger partial charge >= 0.3 is 0 Å². The fourth-order valence-electron chi connectivity index (χ4n) is 2.75. The summed E-state index contributed by atoms with van der Waals surface area (Å²) >= 11 is 1.74. The van der Waals surface area contributed by atoms with Crippen molar-refractivity contribution in [1.29, 1.82) is 0 Å². The van der Waals surface area contributed by atoms with Crippen molar-refractivity contribution in [2.45, 2.75) is 32.6 Å². The van der Waals surface area contributed by atoms with E-state index in [4.69, 9.17) is 4.99 Å². The molecule has 0 bridgehead atoms. The molecule has 3 aromatic heterocycles. The topological polar surface area (TPSA) is 66.6 Å². The lowest BCUT2D eigenvalue weighted by Gasteiger charge is -2.13. The highest BCUT2D eigenvalue weighted by Gasteiger charge is 2.07. The lowest BCUT2D eigenvalue weighted by Crippen LogP contribution is -2.38. The standard InChI is InChI=1S/C19H26N6S/c1-3-20-19(22-13-15(2)16-9-12-26-14-16)21-10-6-8-18-24-23-17-7-4-5-11-25(17)18/h4-5,7,9,11-12,14-15H,3,6,8,10,13H2,1-2H3,(H2,20,21,22). The number of pyridine rings is 1. The molecule has 138 valence electrons. The molecule has 3 heterocycles. The van der Waals surface area contributed by atoms with Crippen LogP contribution in [0.4, 0.5) is 0 Å². The quantitative estimate of drug-likeness (QED) is 0.363. The number of aryl methyl sites for hydroxylation is 1. The van der Waals surface area contributed by atoms with E-state index in [1.807, 2.05) is 28.8 Å². The van der Waals surface area contributed by atoms with Gasteiger partial charge in [0.15, 0.2) is 11.6 Å². The minimum absolute atomic E-state index is 0.430. The van der Waals surface area contributed by atoms with Crippen molar-refractivity contribution >= 4 is 22.9 Å². The summed E-state index contributed by atoms with van der Waals surface area (Å²) < 4.78 is 2.04. The van der Waals surface area contributed by atoms with Gasteiger partial charge in [-0.15, -0.1) is 10.2 Å². The minimum Gasteiger partial charge on any atom is -0.357 e. The van der Waals surface area contributed by atoms with Crippen molar-refractivity contribution < 1.29 is 0 Å². The van der Waals surface area contributed by atoms with Gasteiger partial charge in [0, 0.05) is 38.2 Å². The molecule has 0 radical (unpaired) electrons. The van der Waals surface area contributed by atoms with Crippen molar-refractivity contribution in [3.8, 4) is 0 Å². The lowest BCUT2D eigenvalue weighted by atomic mass is 10.1. The van der Waals surface area contributed by atoms with Gasteiger partial charge < -0.3 is 10.6 Å². The Morgan fingerprint density at radius 1 is 1.27 bits per heavy atom. The zero-order valence-corrected chi connectivity index (χ0v) is 16.2. The van der Waals surface area contributed by atoms with Gasteiger partial charge in [-0.05, 0) is 47.9 Å². The van der Waals surface area contributed by atoms with Crippen LogP contribution >= 0.6 is 11.3 Å². The second kappa shape index (κ2) is 9.33. The fourth-order valence-corrected chi connectivity index (χ4v) is 3.53. The van der Waals surface area contributed by atoms with E-state index in [0.29, 0.717) is 5.92 Å². The summed E-state index contributed by atoms with van der Waals surface area (Å²) in [6.45, 7) is 6.78. The Morgan fingerprint density at radius 2 is 2.19 bits per heavy atom. The van der Waals surface area contributed by atoms with Crippen LogP contribution in [-0.2, 0) is 6.42 Å². The Hall–Kier alpha value is -2.41. The number of thiophene rings is 1. The summed E-state index contributed by atoms with van der Waals surface area (Å²) in [5.41, 5.74) is 2.25. The van der Waals surface area contributed by atoms with E-state index in [-0.39, 0.29) is 0 Å². The van der Waals surface area contributed by atoms with Gasteiger partial charge in [0.2, 0.25) is 0 Å². The van der Waals surface area contributed by atoms with Gasteiger partial charge in [0.1, 0.15) is 5.82 Å². The van der Waals surface area contributed by atoms with E-state index in [0.717, 1.165) is 49.9 Å². The molecule has 2 N–H and O–H groups in total. The van der Waals surface area contributed by atoms with Crippen LogP contribution in [0.3, 0.4) is 0 Å². The van der Waals surface area contributed by atoms with E-state index in [1.54, 1.807) is 11.3 Å². The number of aromatic nitrogens is 3. The Bertz CT molecular complexity index is 824. The predicted octanol–water partition coefficient (Wildman–Crippen LogP) is 3.08. The third-order valence-electron chi connectivity index (χ3n) is 4.23. The number of nitrogens with zero attached hydrogens (tertiary/aromatic N) is 4. The number of aliphatic imine (C=N–C) groups is 1. The largest absolute Gasteiger partial charge is 0.357 e. The van der Waals surface area contributed by atoms with E-state index in [9.17, 15) is 0 Å². The van der Waals surface area contributed by atoms with Gasteiger partial charge in [-0.2, -0.15) is 11.3 Å². The minimum atomic E-state index is 0.430. The lowest BCUT2D eigenvalue weighted by molar-refractivity contribution is 0.706.